The highest BCUT2D eigenvalue weighted by Crippen LogP contribution is 2.30. The maximum Gasteiger partial charge on any atom is 0.0401 e. The molecular weight excluding hydrogens is 230 g/mol. The lowest BCUT2D eigenvalue weighted by atomic mass is 10.1. The lowest BCUT2D eigenvalue weighted by Gasteiger charge is -2.27. The average Bonchev–Trinajstić information content (AvgIpc) is 2.90. The molecule has 0 saturated carbocycles. The highest BCUT2D eigenvalue weighted by Gasteiger charge is 2.22. The van der Waals surface area contributed by atoms with Crippen molar-refractivity contribution in [2.45, 2.75) is 32.2 Å². The molecule has 0 saturated heterocycles. The summed E-state index contributed by atoms with van der Waals surface area (Å²) in [6.45, 7) is 3.53. The van der Waals surface area contributed by atoms with E-state index in [0.717, 1.165) is 0 Å². The molecule has 0 aromatic heterocycles. The molecule has 2 aromatic rings. The fraction of sp³-hybridized carbons (Fsp3) is 0.333. The van der Waals surface area contributed by atoms with Crippen molar-refractivity contribution in [3.05, 3.63) is 65.7 Å². The highest BCUT2D eigenvalue weighted by molar-refractivity contribution is 5.58. The van der Waals surface area contributed by atoms with Crippen molar-refractivity contribution in [1.82, 2.24) is 0 Å². The summed E-state index contributed by atoms with van der Waals surface area (Å²) in [6, 6.07) is 20.2. The van der Waals surface area contributed by atoms with E-state index < -0.39 is 0 Å². The second-order valence-electron chi connectivity index (χ2n) is 5.45. The number of anilines is 1. The van der Waals surface area contributed by atoms with Gasteiger partial charge in [-0.25, -0.2) is 0 Å². The first-order chi connectivity index (χ1) is 9.34. The molecule has 2 aromatic carbocycles. The van der Waals surface area contributed by atoms with E-state index in [1.54, 1.807) is 0 Å². The summed E-state index contributed by atoms with van der Waals surface area (Å²) in [5.74, 6) is 0. The Labute approximate surface area is 115 Å². The van der Waals surface area contributed by atoms with Gasteiger partial charge < -0.3 is 4.90 Å². The van der Waals surface area contributed by atoms with Crippen LogP contribution in [-0.4, -0.2) is 12.6 Å². The molecule has 0 radical (unpaired) electrons. The number of aryl methyl sites for hydroxylation is 1. The number of hydrogen-bond acceptors (Lipinski definition) is 1. The van der Waals surface area contributed by atoms with E-state index in [0.29, 0.717) is 6.04 Å². The maximum atomic E-state index is 2.57. The molecule has 19 heavy (non-hydrogen) atoms. The summed E-state index contributed by atoms with van der Waals surface area (Å²) >= 11 is 0. The van der Waals surface area contributed by atoms with Gasteiger partial charge in [0.05, 0.1) is 0 Å². The first kappa shape index (κ1) is 12.3. The molecule has 0 bridgehead atoms. The van der Waals surface area contributed by atoms with Crippen molar-refractivity contribution in [2.75, 3.05) is 11.4 Å². The van der Waals surface area contributed by atoms with Gasteiger partial charge in [-0.05, 0) is 43.4 Å². The molecule has 1 aliphatic heterocycles. The first-order valence-electron chi connectivity index (χ1n) is 7.23. The Morgan fingerprint density at radius 2 is 1.74 bits per heavy atom. The molecule has 3 rings (SSSR count). The van der Waals surface area contributed by atoms with Crippen molar-refractivity contribution < 1.29 is 0 Å². The lowest BCUT2D eigenvalue weighted by Crippen LogP contribution is -2.31. The van der Waals surface area contributed by atoms with Crippen LogP contribution in [0.4, 0.5) is 5.69 Å². The number of nitrogens with zero attached hydrogens (tertiary/aromatic N) is 1. The number of hydrogen-bond donors (Lipinski definition) is 0. The zero-order valence-corrected chi connectivity index (χ0v) is 11.5. The molecule has 0 amide bonds. The zero-order valence-electron chi connectivity index (χ0n) is 11.5. The SMILES string of the molecule is CC(CCc1ccccc1)N1CCc2ccccc21. The predicted octanol–water partition coefficient (Wildman–Crippen LogP) is 4.07. The van der Waals surface area contributed by atoms with E-state index in [1.165, 1.54) is 42.6 Å². The molecule has 0 aliphatic carbocycles. The molecule has 1 unspecified atom stereocenters. The van der Waals surface area contributed by atoms with Crippen molar-refractivity contribution >= 4 is 5.69 Å². The monoisotopic (exact) mass is 251 g/mol. The molecule has 0 fully saturated rings. The molecule has 1 nitrogen and oxygen atoms in total. The van der Waals surface area contributed by atoms with Gasteiger partial charge in [0.2, 0.25) is 0 Å². The Hall–Kier alpha value is -1.76. The van der Waals surface area contributed by atoms with Crippen LogP contribution in [0.2, 0.25) is 0 Å². The molecule has 1 atom stereocenters. The van der Waals surface area contributed by atoms with Gasteiger partial charge in [-0.2, -0.15) is 0 Å². The topological polar surface area (TPSA) is 3.24 Å². The van der Waals surface area contributed by atoms with E-state index in [9.17, 15) is 0 Å². The number of benzene rings is 2. The van der Waals surface area contributed by atoms with Crippen LogP contribution >= 0.6 is 0 Å². The van der Waals surface area contributed by atoms with Gasteiger partial charge in [0, 0.05) is 18.3 Å². The van der Waals surface area contributed by atoms with Gasteiger partial charge >= 0.3 is 0 Å². The fourth-order valence-electron chi connectivity index (χ4n) is 3.00. The summed E-state index contributed by atoms with van der Waals surface area (Å²) in [5.41, 5.74) is 4.40. The van der Waals surface area contributed by atoms with Crippen LogP contribution in [0, 0.1) is 0 Å². The van der Waals surface area contributed by atoms with Crippen molar-refractivity contribution in [2.24, 2.45) is 0 Å². The lowest BCUT2D eigenvalue weighted by molar-refractivity contribution is 0.604. The second-order valence-corrected chi connectivity index (χ2v) is 5.45. The summed E-state index contributed by atoms with van der Waals surface area (Å²) in [7, 11) is 0. The third kappa shape index (κ3) is 2.65. The summed E-state index contributed by atoms with van der Waals surface area (Å²) < 4.78 is 0. The Morgan fingerprint density at radius 1 is 1.00 bits per heavy atom. The Bertz CT molecular complexity index is 532. The molecular formula is C18H21N. The van der Waals surface area contributed by atoms with Crippen molar-refractivity contribution in [3.8, 4) is 0 Å². The molecule has 1 heterocycles. The molecule has 0 spiro atoms. The van der Waals surface area contributed by atoms with Crippen LogP contribution in [0.1, 0.15) is 24.5 Å². The predicted molar refractivity (Wildman–Crippen MR) is 81.7 cm³/mol. The number of rotatable bonds is 4. The van der Waals surface area contributed by atoms with Crippen LogP contribution in [0.25, 0.3) is 0 Å². The van der Waals surface area contributed by atoms with Gasteiger partial charge in [-0.15, -0.1) is 0 Å². The zero-order chi connectivity index (χ0) is 13.1. The Balaban J connectivity index is 1.64. The van der Waals surface area contributed by atoms with Crippen LogP contribution in [0.5, 0.6) is 0 Å². The summed E-state index contributed by atoms with van der Waals surface area (Å²) in [5, 5.41) is 0. The van der Waals surface area contributed by atoms with Gasteiger partial charge in [0.15, 0.2) is 0 Å². The van der Waals surface area contributed by atoms with E-state index in [2.05, 4.69) is 66.4 Å². The van der Waals surface area contributed by atoms with Crippen LogP contribution < -0.4 is 4.90 Å². The molecule has 0 N–H and O–H groups in total. The van der Waals surface area contributed by atoms with Crippen molar-refractivity contribution in [3.63, 3.8) is 0 Å². The van der Waals surface area contributed by atoms with Gasteiger partial charge in [0.1, 0.15) is 0 Å². The normalized spacial score (nSPS) is 15.3. The largest absolute Gasteiger partial charge is 0.368 e. The highest BCUT2D eigenvalue weighted by atomic mass is 15.2. The standard InChI is InChI=1S/C18H21N/c1-15(11-12-16-7-3-2-4-8-16)19-14-13-17-9-5-6-10-18(17)19/h2-10,15H,11-14H2,1H3. The van der Waals surface area contributed by atoms with Crippen LogP contribution in [0.15, 0.2) is 54.6 Å². The summed E-state index contributed by atoms with van der Waals surface area (Å²) in [4.78, 5) is 2.57. The second kappa shape index (κ2) is 5.48. The van der Waals surface area contributed by atoms with Gasteiger partial charge in [0.25, 0.3) is 0 Å². The molecule has 1 heteroatoms. The molecule has 1 aliphatic rings. The van der Waals surface area contributed by atoms with Crippen LogP contribution in [-0.2, 0) is 12.8 Å². The van der Waals surface area contributed by atoms with E-state index in [-0.39, 0.29) is 0 Å². The molecule has 98 valence electrons. The fourth-order valence-corrected chi connectivity index (χ4v) is 3.00. The van der Waals surface area contributed by atoms with Crippen LogP contribution in [0.3, 0.4) is 0 Å². The van der Waals surface area contributed by atoms with Gasteiger partial charge in [-0.3, -0.25) is 0 Å². The van der Waals surface area contributed by atoms with E-state index in [4.69, 9.17) is 0 Å². The van der Waals surface area contributed by atoms with Gasteiger partial charge in [-0.1, -0.05) is 48.5 Å². The minimum absolute atomic E-state index is 0.615. The smallest absolute Gasteiger partial charge is 0.0401 e. The minimum Gasteiger partial charge on any atom is -0.368 e. The van der Waals surface area contributed by atoms with E-state index in [1.807, 2.05) is 0 Å². The maximum absolute atomic E-state index is 2.57. The summed E-state index contributed by atoms with van der Waals surface area (Å²) in [6.07, 6.45) is 3.59. The third-order valence-electron chi connectivity index (χ3n) is 4.15. The Morgan fingerprint density at radius 3 is 2.58 bits per heavy atom. The Kier molecular flexibility index (Phi) is 3.54. The minimum atomic E-state index is 0.615. The average molecular weight is 251 g/mol. The number of para-hydroxylation sites is 1. The first-order valence-corrected chi connectivity index (χ1v) is 7.23. The van der Waals surface area contributed by atoms with Crippen molar-refractivity contribution in [1.29, 1.82) is 0 Å². The third-order valence-corrected chi connectivity index (χ3v) is 4.15. The quantitative estimate of drug-likeness (QED) is 0.791. The van der Waals surface area contributed by atoms with E-state index >= 15 is 0 Å². The number of fused-ring (bicyclic) bond motifs is 1.